The van der Waals surface area contributed by atoms with Crippen molar-refractivity contribution in [1.29, 1.82) is 0 Å². The van der Waals surface area contributed by atoms with E-state index in [4.69, 9.17) is 13.9 Å². The van der Waals surface area contributed by atoms with Crippen LogP contribution in [-0.4, -0.2) is 24.6 Å². The van der Waals surface area contributed by atoms with Gasteiger partial charge in [-0.25, -0.2) is 4.79 Å². The molecular weight excluding hydrogens is 420 g/mol. The van der Waals surface area contributed by atoms with E-state index in [-0.39, 0.29) is 12.5 Å². The quantitative estimate of drug-likeness (QED) is 0.364. The second kappa shape index (κ2) is 8.55. The minimum atomic E-state index is -0.459. The summed E-state index contributed by atoms with van der Waals surface area (Å²) in [7, 11) is 1.53. The molecule has 2 heterocycles. The Bertz CT molecular complexity index is 1520. The molecule has 1 amide bonds. The molecule has 164 valence electrons. The number of nitrogens with one attached hydrogen (secondary N) is 2. The van der Waals surface area contributed by atoms with Gasteiger partial charge in [-0.15, -0.1) is 0 Å². The highest BCUT2D eigenvalue weighted by Crippen LogP contribution is 2.28. The lowest BCUT2D eigenvalue weighted by Crippen LogP contribution is -2.20. The van der Waals surface area contributed by atoms with Gasteiger partial charge in [-0.2, -0.15) is 0 Å². The number of ether oxygens (including phenoxy) is 2. The van der Waals surface area contributed by atoms with E-state index in [1.54, 1.807) is 36.4 Å². The highest BCUT2D eigenvalue weighted by Gasteiger charge is 2.12. The number of carbonyl (C=O) groups excluding carboxylic acids is 1. The van der Waals surface area contributed by atoms with Crippen LogP contribution in [0.3, 0.4) is 0 Å². The third-order valence-electron chi connectivity index (χ3n) is 5.35. The molecule has 0 atom stereocenters. The van der Waals surface area contributed by atoms with E-state index in [0.29, 0.717) is 28.2 Å². The van der Waals surface area contributed by atoms with Crippen molar-refractivity contribution < 1.29 is 18.7 Å². The van der Waals surface area contributed by atoms with Gasteiger partial charge in [0.1, 0.15) is 5.75 Å². The van der Waals surface area contributed by atoms with Gasteiger partial charge in [-0.1, -0.05) is 30.3 Å². The SMILES string of the molecule is COc1cccc2cc(-c3ccc(OCC(=O)Nc4cccc5[nH]ccc45)cc3)c(=O)oc12. The fourth-order valence-corrected chi connectivity index (χ4v) is 3.74. The molecule has 0 unspecified atom stereocenters. The van der Waals surface area contributed by atoms with Crippen molar-refractivity contribution in [3.63, 3.8) is 0 Å². The number of hydrogen-bond donors (Lipinski definition) is 2. The van der Waals surface area contributed by atoms with Gasteiger partial charge in [0.25, 0.3) is 5.91 Å². The molecule has 0 radical (unpaired) electrons. The van der Waals surface area contributed by atoms with Crippen LogP contribution in [-0.2, 0) is 4.79 Å². The molecule has 0 aliphatic heterocycles. The number of rotatable bonds is 6. The third kappa shape index (κ3) is 4.04. The summed E-state index contributed by atoms with van der Waals surface area (Å²) in [5.74, 6) is 0.753. The van der Waals surface area contributed by atoms with Crippen LogP contribution in [0.4, 0.5) is 5.69 Å². The number of hydrogen-bond acceptors (Lipinski definition) is 5. The van der Waals surface area contributed by atoms with Crippen molar-refractivity contribution in [1.82, 2.24) is 4.98 Å². The summed E-state index contributed by atoms with van der Waals surface area (Å²) in [4.78, 5) is 28.0. The number of aromatic nitrogens is 1. The molecule has 3 aromatic carbocycles. The summed E-state index contributed by atoms with van der Waals surface area (Å²) < 4.78 is 16.4. The molecule has 0 saturated carbocycles. The van der Waals surface area contributed by atoms with Crippen LogP contribution < -0.4 is 20.4 Å². The highest BCUT2D eigenvalue weighted by molar-refractivity contribution is 6.01. The summed E-state index contributed by atoms with van der Waals surface area (Å²) >= 11 is 0. The standard InChI is InChI=1S/C26H20N2O5/c1-31-23-7-2-4-17-14-20(26(30)33-25(17)23)16-8-10-18(11-9-16)32-15-24(29)28-22-6-3-5-21-19(22)12-13-27-21/h2-14,27H,15H2,1H3,(H,28,29). The Morgan fingerprint density at radius 2 is 1.85 bits per heavy atom. The lowest BCUT2D eigenvalue weighted by molar-refractivity contribution is -0.118. The average molecular weight is 440 g/mol. The monoisotopic (exact) mass is 440 g/mol. The Hall–Kier alpha value is -4.52. The molecule has 33 heavy (non-hydrogen) atoms. The molecule has 7 nitrogen and oxygen atoms in total. The number of benzene rings is 3. The Kier molecular flexibility index (Phi) is 5.28. The molecular formula is C26H20N2O5. The fraction of sp³-hybridized carbons (Fsp3) is 0.0769. The number of fused-ring (bicyclic) bond motifs is 2. The van der Waals surface area contributed by atoms with Gasteiger partial charge in [-0.3, -0.25) is 4.79 Å². The third-order valence-corrected chi connectivity index (χ3v) is 5.35. The summed E-state index contributed by atoms with van der Waals surface area (Å²) in [6, 6.07) is 21.7. The molecule has 7 heteroatoms. The fourth-order valence-electron chi connectivity index (χ4n) is 3.74. The lowest BCUT2D eigenvalue weighted by Gasteiger charge is -2.09. The summed E-state index contributed by atoms with van der Waals surface area (Å²) in [5, 5.41) is 4.56. The molecule has 0 aliphatic rings. The van der Waals surface area contributed by atoms with Crippen molar-refractivity contribution in [3.05, 3.63) is 89.4 Å². The number of methoxy groups -OCH3 is 1. The van der Waals surface area contributed by atoms with Crippen LogP contribution in [0.2, 0.25) is 0 Å². The van der Waals surface area contributed by atoms with Crippen molar-refractivity contribution in [3.8, 4) is 22.6 Å². The van der Waals surface area contributed by atoms with Crippen LogP contribution in [0.5, 0.6) is 11.5 Å². The van der Waals surface area contributed by atoms with Gasteiger partial charge in [0, 0.05) is 22.5 Å². The second-order valence-corrected chi connectivity index (χ2v) is 7.43. The van der Waals surface area contributed by atoms with Crippen molar-refractivity contribution in [2.45, 2.75) is 0 Å². The lowest BCUT2D eigenvalue weighted by atomic mass is 10.1. The molecule has 0 bridgehead atoms. The topological polar surface area (TPSA) is 93.6 Å². The van der Waals surface area contributed by atoms with Gasteiger partial charge in [0.15, 0.2) is 17.9 Å². The van der Waals surface area contributed by atoms with Crippen LogP contribution in [0.1, 0.15) is 0 Å². The first-order valence-electron chi connectivity index (χ1n) is 10.3. The number of aromatic amines is 1. The largest absolute Gasteiger partial charge is 0.493 e. The Morgan fingerprint density at radius 3 is 2.67 bits per heavy atom. The molecule has 0 aliphatic carbocycles. The minimum Gasteiger partial charge on any atom is -0.493 e. The van der Waals surface area contributed by atoms with E-state index in [0.717, 1.165) is 22.0 Å². The van der Waals surface area contributed by atoms with E-state index in [9.17, 15) is 9.59 Å². The number of carbonyl (C=O) groups is 1. The number of para-hydroxylation sites is 1. The molecule has 5 rings (SSSR count). The Morgan fingerprint density at radius 1 is 1.03 bits per heavy atom. The maximum atomic E-state index is 12.5. The maximum absolute atomic E-state index is 12.5. The van der Waals surface area contributed by atoms with Gasteiger partial charge < -0.3 is 24.2 Å². The van der Waals surface area contributed by atoms with Gasteiger partial charge in [0.2, 0.25) is 0 Å². The highest BCUT2D eigenvalue weighted by atomic mass is 16.5. The van der Waals surface area contributed by atoms with Crippen LogP contribution in [0.15, 0.2) is 88.2 Å². The van der Waals surface area contributed by atoms with Crippen molar-refractivity contribution in [2.24, 2.45) is 0 Å². The van der Waals surface area contributed by atoms with Crippen LogP contribution in [0.25, 0.3) is 33.0 Å². The van der Waals surface area contributed by atoms with Gasteiger partial charge >= 0.3 is 5.63 Å². The second-order valence-electron chi connectivity index (χ2n) is 7.43. The predicted octanol–water partition coefficient (Wildman–Crippen LogP) is 4.97. The summed E-state index contributed by atoms with van der Waals surface area (Å²) in [6.07, 6.45) is 1.82. The van der Waals surface area contributed by atoms with E-state index < -0.39 is 5.63 Å². The Labute approximate surface area is 188 Å². The van der Waals surface area contributed by atoms with Crippen LogP contribution >= 0.6 is 0 Å². The number of anilines is 1. The molecule has 5 aromatic rings. The van der Waals surface area contributed by atoms with Gasteiger partial charge in [-0.05, 0) is 48.0 Å². The molecule has 0 saturated heterocycles. The summed E-state index contributed by atoms with van der Waals surface area (Å²) in [5.41, 5.74) is 2.73. The summed E-state index contributed by atoms with van der Waals surface area (Å²) in [6.45, 7) is -0.141. The smallest absolute Gasteiger partial charge is 0.344 e. The van der Waals surface area contributed by atoms with Gasteiger partial charge in [0.05, 0.1) is 18.4 Å². The zero-order chi connectivity index (χ0) is 22.8. The molecule has 0 fully saturated rings. The normalized spacial score (nSPS) is 10.9. The van der Waals surface area contributed by atoms with Crippen LogP contribution in [0, 0.1) is 0 Å². The first-order valence-corrected chi connectivity index (χ1v) is 10.3. The molecule has 2 aromatic heterocycles. The first kappa shape index (κ1) is 20.4. The van der Waals surface area contributed by atoms with Crippen molar-refractivity contribution >= 4 is 33.5 Å². The zero-order valence-electron chi connectivity index (χ0n) is 17.8. The van der Waals surface area contributed by atoms with E-state index in [2.05, 4.69) is 10.3 Å². The van der Waals surface area contributed by atoms with Crippen molar-refractivity contribution in [2.75, 3.05) is 19.0 Å². The Balaban J connectivity index is 1.29. The first-order chi connectivity index (χ1) is 16.1. The number of H-pyrrole nitrogens is 1. The average Bonchev–Trinajstić information content (AvgIpc) is 3.32. The van der Waals surface area contributed by atoms with E-state index in [1.165, 1.54) is 7.11 Å². The number of amides is 1. The minimum absolute atomic E-state index is 0.141. The predicted molar refractivity (Wildman–Crippen MR) is 127 cm³/mol. The maximum Gasteiger partial charge on any atom is 0.344 e. The van der Waals surface area contributed by atoms with E-state index in [1.807, 2.05) is 42.6 Å². The zero-order valence-corrected chi connectivity index (χ0v) is 17.8. The molecule has 2 N–H and O–H groups in total. The molecule has 0 spiro atoms. The van der Waals surface area contributed by atoms with E-state index >= 15 is 0 Å².